The monoisotopic (exact) mass is 582 g/mol. The molecule has 8 nitrogen and oxygen atoms in total. The second-order valence-electron chi connectivity index (χ2n) is 10.3. The van der Waals surface area contributed by atoms with Gasteiger partial charge < -0.3 is 9.32 Å². The summed E-state index contributed by atoms with van der Waals surface area (Å²) in [5.74, 6) is -1.24. The summed E-state index contributed by atoms with van der Waals surface area (Å²) in [4.78, 5) is 46.6. The van der Waals surface area contributed by atoms with Crippen LogP contribution in [0.4, 0.5) is 10.8 Å². The molecule has 0 saturated carbocycles. The maximum atomic E-state index is 14.9. The lowest BCUT2D eigenvalue weighted by Crippen LogP contribution is -2.53. The first-order valence-electron chi connectivity index (χ1n) is 13.2. The number of carbonyl (C=O) groups is 2. The van der Waals surface area contributed by atoms with Gasteiger partial charge in [-0.05, 0) is 61.2 Å². The number of rotatable bonds is 4. The van der Waals surface area contributed by atoms with E-state index >= 15 is 0 Å². The Morgan fingerprint density at radius 2 is 1.71 bits per heavy atom. The van der Waals surface area contributed by atoms with Gasteiger partial charge in [-0.3, -0.25) is 19.3 Å². The van der Waals surface area contributed by atoms with Crippen molar-refractivity contribution in [2.24, 2.45) is 0 Å². The molecule has 2 amide bonds. The third kappa shape index (κ3) is 3.42. The summed E-state index contributed by atoms with van der Waals surface area (Å²) in [7, 11) is 0. The maximum absolute atomic E-state index is 14.9. The van der Waals surface area contributed by atoms with Crippen LogP contribution in [0.2, 0.25) is 5.02 Å². The van der Waals surface area contributed by atoms with Crippen LogP contribution in [0.5, 0.6) is 0 Å². The maximum Gasteiger partial charge on any atom is 0.297 e. The molecule has 0 saturated heterocycles. The first-order chi connectivity index (χ1) is 19.8. The van der Waals surface area contributed by atoms with Crippen molar-refractivity contribution in [3.05, 3.63) is 114 Å². The molecule has 2 aliphatic heterocycles. The predicted octanol–water partition coefficient (Wildman–Crippen LogP) is 5.93. The average Bonchev–Trinajstić information content (AvgIpc) is 3.61. The van der Waals surface area contributed by atoms with Crippen LogP contribution in [0, 0.1) is 13.8 Å². The minimum absolute atomic E-state index is 0.00869. The molecule has 3 aromatic carbocycles. The highest BCUT2D eigenvalue weighted by molar-refractivity contribution is 7.15. The van der Waals surface area contributed by atoms with E-state index in [9.17, 15) is 14.4 Å². The molecule has 4 heterocycles. The molecule has 1 atom stereocenters. The van der Waals surface area contributed by atoms with E-state index in [0.717, 1.165) is 16.7 Å². The number of halogens is 1. The molecule has 0 N–H and O–H groups in total. The Morgan fingerprint density at radius 1 is 0.976 bits per heavy atom. The van der Waals surface area contributed by atoms with E-state index in [-0.39, 0.29) is 23.0 Å². The van der Waals surface area contributed by atoms with Crippen molar-refractivity contribution >= 4 is 56.5 Å². The van der Waals surface area contributed by atoms with E-state index < -0.39 is 22.8 Å². The first kappa shape index (κ1) is 25.6. The van der Waals surface area contributed by atoms with Crippen molar-refractivity contribution in [1.29, 1.82) is 0 Å². The van der Waals surface area contributed by atoms with E-state index in [4.69, 9.17) is 16.0 Å². The smallest absolute Gasteiger partial charge is 0.297 e. The lowest BCUT2D eigenvalue weighted by atomic mass is 9.84. The number of para-hydroxylation sites is 1. The van der Waals surface area contributed by atoms with Crippen LogP contribution in [0.15, 0.2) is 69.9 Å². The fourth-order valence-electron chi connectivity index (χ4n) is 5.85. The van der Waals surface area contributed by atoms with Crippen LogP contribution in [0.1, 0.15) is 50.3 Å². The standard InChI is InChI=1S/C31H23ClN4O4S/c1-4-24-33-34-30(41-24)36-28(38)27-25(26(37)19-13-16(2)17(3)14-23(19)40-27)31(36)20-10-6-8-12-22(20)35(29(31)39)15-18-9-5-7-11-21(18)32/h5-14H,4,15H2,1-3H3. The quantitative estimate of drug-likeness (QED) is 0.261. The highest BCUT2D eigenvalue weighted by Crippen LogP contribution is 2.54. The number of carbonyl (C=O) groups excluding carboxylic acids is 2. The van der Waals surface area contributed by atoms with E-state index in [1.165, 1.54) is 16.2 Å². The Balaban J connectivity index is 1.57. The van der Waals surface area contributed by atoms with E-state index in [1.54, 1.807) is 35.2 Å². The number of hydrogen-bond donors (Lipinski definition) is 0. The van der Waals surface area contributed by atoms with Crippen LogP contribution in [0.3, 0.4) is 0 Å². The second-order valence-corrected chi connectivity index (χ2v) is 11.7. The second kappa shape index (κ2) is 9.09. The number of nitrogens with zero attached hydrogens (tertiary/aromatic N) is 4. The highest BCUT2D eigenvalue weighted by atomic mass is 35.5. The molecule has 1 spiro atoms. The third-order valence-electron chi connectivity index (χ3n) is 7.98. The first-order valence-corrected chi connectivity index (χ1v) is 14.4. The van der Waals surface area contributed by atoms with Gasteiger partial charge in [-0.25, -0.2) is 0 Å². The molecule has 0 fully saturated rings. The van der Waals surface area contributed by atoms with Crippen LogP contribution >= 0.6 is 22.9 Å². The van der Waals surface area contributed by atoms with Crippen molar-refractivity contribution in [2.75, 3.05) is 9.80 Å². The Bertz CT molecular complexity index is 2000. The van der Waals surface area contributed by atoms with E-state index in [1.807, 2.05) is 51.1 Å². The van der Waals surface area contributed by atoms with Gasteiger partial charge in [-0.2, -0.15) is 0 Å². The Kier molecular flexibility index (Phi) is 5.68. The number of anilines is 2. The summed E-state index contributed by atoms with van der Waals surface area (Å²) in [5.41, 5.74) is 1.64. The van der Waals surface area contributed by atoms with Gasteiger partial charge in [0.05, 0.1) is 23.2 Å². The normalized spacial score (nSPS) is 17.7. The van der Waals surface area contributed by atoms with Gasteiger partial charge in [-0.15, -0.1) is 10.2 Å². The molecule has 0 aliphatic carbocycles. The molecular formula is C31H23ClN4O4S. The summed E-state index contributed by atoms with van der Waals surface area (Å²) in [6.07, 6.45) is 0.600. The fraction of sp³-hybridized carbons (Fsp3) is 0.194. The molecule has 0 radical (unpaired) electrons. The van der Waals surface area contributed by atoms with Gasteiger partial charge in [0.15, 0.2) is 11.0 Å². The summed E-state index contributed by atoms with van der Waals surface area (Å²) in [5, 5.41) is 10.3. The molecule has 7 rings (SSSR count). The summed E-state index contributed by atoms with van der Waals surface area (Å²) >= 11 is 7.72. The Morgan fingerprint density at radius 3 is 2.46 bits per heavy atom. The fourth-order valence-corrected chi connectivity index (χ4v) is 6.88. The highest BCUT2D eigenvalue weighted by Gasteiger charge is 2.66. The number of hydrogen-bond acceptors (Lipinski definition) is 7. The number of aryl methyl sites for hydroxylation is 3. The largest absolute Gasteiger partial charge is 0.450 e. The average molecular weight is 583 g/mol. The summed E-state index contributed by atoms with van der Waals surface area (Å²) < 4.78 is 6.21. The van der Waals surface area contributed by atoms with Crippen LogP contribution in [-0.4, -0.2) is 22.0 Å². The molecule has 204 valence electrons. The zero-order valence-corrected chi connectivity index (χ0v) is 24.0. The van der Waals surface area contributed by atoms with Crippen molar-refractivity contribution < 1.29 is 14.0 Å². The van der Waals surface area contributed by atoms with Gasteiger partial charge in [-0.1, -0.05) is 66.3 Å². The van der Waals surface area contributed by atoms with Crippen LogP contribution in [-0.2, 0) is 23.3 Å². The minimum atomic E-state index is -1.83. The summed E-state index contributed by atoms with van der Waals surface area (Å²) in [6.45, 7) is 5.89. The predicted molar refractivity (Wildman–Crippen MR) is 158 cm³/mol. The number of amides is 2. The lowest BCUT2D eigenvalue weighted by molar-refractivity contribution is -0.121. The van der Waals surface area contributed by atoms with Crippen molar-refractivity contribution in [1.82, 2.24) is 10.2 Å². The molecule has 2 aromatic heterocycles. The molecular weight excluding hydrogens is 560 g/mol. The molecule has 0 bridgehead atoms. The third-order valence-corrected chi connectivity index (χ3v) is 9.40. The van der Waals surface area contributed by atoms with Crippen LogP contribution in [0.25, 0.3) is 11.0 Å². The lowest BCUT2D eigenvalue weighted by Gasteiger charge is -2.32. The molecule has 2 aliphatic rings. The van der Waals surface area contributed by atoms with Gasteiger partial charge in [0.2, 0.25) is 10.9 Å². The Hall–Kier alpha value is -4.34. The van der Waals surface area contributed by atoms with Crippen molar-refractivity contribution in [3.63, 3.8) is 0 Å². The van der Waals surface area contributed by atoms with Crippen LogP contribution < -0.4 is 15.2 Å². The van der Waals surface area contributed by atoms with Gasteiger partial charge >= 0.3 is 0 Å². The van der Waals surface area contributed by atoms with Gasteiger partial charge in [0.1, 0.15) is 10.6 Å². The number of fused-ring (bicyclic) bond motifs is 5. The SMILES string of the molecule is CCc1nnc(N2C(=O)c3oc4cc(C)c(C)cc4c(=O)c3C23C(=O)N(Cc2ccccc2Cl)c2ccccc23)s1. The van der Waals surface area contributed by atoms with Gasteiger partial charge in [0.25, 0.3) is 11.8 Å². The van der Waals surface area contributed by atoms with Gasteiger partial charge in [0, 0.05) is 10.6 Å². The number of aromatic nitrogens is 2. The zero-order chi connectivity index (χ0) is 28.6. The molecule has 41 heavy (non-hydrogen) atoms. The molecule has 5 aromatic rings. The Labute approximate surface area is 243 Å². The minimum Gasteiger partial charge on any atom is -0.450 e. The van der Waals surface area contributed by atoms with Crippen molar-refractivity contribution in [2.45, 2.75) is 39.3 Å². The molecule has 10 heteroatoms. The van der Waals surface area contributed by atoms with E-state index in [2.05, 4.69) is 10.2 Å². The topological polar surface area (TPSA) is 96.6 Å². The zero-order valence-electron chi connectivity index (χ0n) is 22.4. The number of benzene rings is 3. The van der Waals surface area contributed by atoms with E-state index in [0.29, 0.717) is 38.7 Å². The van der Waals surface area contributed by atoms with Crippen molar-refractivity contribution in [3.8, 4) is 0 Å². The summed E-state index contributed by atoms with van der Waals surface area (Å²) in [6, 6.07) is 18.0. The molecule has 1 unspecified atom stereocenters.